The van der Waals surface area contributed by atoms with Crippen molar-refractivity contribution >= 4 is 17.7 Å². The number of nitrogens with zero attached hydrogens (tertiary/aromatic N) is 4. The summed E-state index contributed by atoms with van der Waals surface area (Å²) in [7, 11) is 0. The van der Waals surface area contributed by atoms with Gasteiger partial charge in [-0.15, -0.1) is 0 Å². The Hall–Kier alpha value is -2.86. The number of hydrogen-bond donors (Lipinski definition) is 1. The van der Waals surface area contributed by atoms with E-state index in [2.05, 4.69) is 10.0 Å². The van der Waals surface area contributed by atoms with Crippen LogP contribution in [0.2, 0.25) is 0 Å². The van der Waals surface area contributed by atoms with Crippen LogP contribution in [-0.4, -0.2) is 22.5 Å². The molecule has 0 bridgehead atoms. The summed E-state index contributed by atoms with van der Waals surface area (Å²) < 4.78 is 0. The lowest BCUT2D eigenvalue weighted by molar-refractivity contribution is -0.385. The van der Waals surface area contributed by atoms with Crippen molar-refractivity contribution in [1.29, 1.82) is 0 Å². The Morgan fingerprint density at radius 1 is 1.61 bits per heavy atom. The Morgan fingerprint density at radius 2 is 2.33 bits per heavy atom. The zero-order valence-corrected chi connectivity index (χ0v) is 9.05. The first-order valence-electron chi connectivity index (χ1n) is 4.75. The number of azide groups is 1. The predicted molar refractivity (Wildman–Crippen MR) is 63.1 cm³/mol. The third kappa shape index (κ3) is 3.32. The lowest BCUT2D eigenvalue weighted by Crippen LogP contribution is -2.02. The summed E-state index contributed by atoms with van der Waals surface area (Å²) in [6.45, 7) is 0.121. The van der Waals surface area contributed by atoms with Gasteiger partial charge in [0.15, 0.2) is 0 Å². The van der Waals surface area contributed by atoms with Crippen LogP contribution < -0.4 is 0 Å². The van der Waals surface area contributed by atoms with E-state index >= 15 is 0 Å². The van der Waals surface area contributed by atoms with Crippen LogP contribution in [0.25, 0.3) is 16.5 Å². The Morgan fingerprint density at radius 3 is 2.89 bits per heavy atom. The standard InChI is InChI=1S/C10H8N4O4/c11-13-12-5-1-2-7-3-4-9(14(17)18)8(6-7)10(15)16/h1-4,6H,5H2,(H,15,16). The summed E-state index contributed by atoms with van der Waals surface area (Å²) in [4.78, 5) is 23.3. The normalized spacial score (nSPS) is 10.0. The number of nitro benzene ring substituents is 1. The second-order valence-corrected chi connectivity index (χ2v) is 3.15. The molecule has 0 aromatic heterocycles. The van der Waals surface area contributed by atoms with Gasteiger partial charge in [-0.05, 0) is 23.2 Å². The second-order valence-electron chi connectivity index (χ2n) is 3.15. The van der Waals surface area contributed by atoms with E-state index in [0.29, 0.717) is 5.56 Å². The van der Waals surface area contributed by atoms with E-state index in [0.717, 1.165) is 6.07 Å². The van der Waals surface area contributed by atoms with E-state index in [9.17, 15) is 14.9 Å². The fourth-order valence-electron chi connectivity index (χ4n) is 1.26. The van der Waals surface area contributed by atoms with Crippen molar-refractivity contribution in [3.05, 3.63) is 56.0 Å². The first-order valence-corrected chi connectivity index (χ1v) is 4.75. The van der Waals surface area contributed by atoms with E-state index in [1.807, 2.05) is 0 Å². The lowest BCUT2D eigenvalue weighted by atomic mass is 10.1. The molecule has 8 heteroatoms. The molecule has 0 saturated heterocycles. The lowest BCUT2D eigenvalue weighted by Gasteiger charge is -1.99. The van der Waals surface area contributed by atoms with Crippen LogP contribution in [0.3, 0.4) is 0 Å². The van der Waals surface area contributed by atoms with Crippen molar-refractivity contribution in [3.8, 4) is 0 Å². The van der Waals surface area contributed by atoms with Gasteiger partial charge in [-0.3, -0.25) is 10.1 Å². The van der Waals surface area contributed by atoms with E-state index in [1.54, 1.807) is 0 Å². The van der Waals surface area contributed by atoms with Gasteiger partial charge in [0.2, 0.25) is 0 Å². The molecule has 92 valence electrons. The minimum atomic E-state index is -1.37. The highest BCUT2D eigenvalue weighted by Crippen LogP contribution is 2.20. The predicted octanol–water partition coefficient (Wildman–Crippen LogP) is 2.62. The number of carboxylic acids is 1. The van der Waals surface area contributed by atoms with Gasteiger partial charge in [-0.25, -0.2) is 4.79 Å². The van der Waals surface area contributed by atoms with Gasteiger partial charge in [0.1, 0.15) is 5.56 Å². The molecule has 0 unspecified atom stereocenters. The number of nitro groups is 1. The summed E-state index contributed by atoms with van der Waals surface area (Å²) in [5, 5.41) is 22.7. The van der Waals surface area contributed by atoms with Crippen LogP contribution >= 0.6 is 0 Å². The molecule has 0 heterocycles. The number of carboxylic acid groups (broad SMARTS) is 1. The van der Waals surface area contributed by atoms with Crippen LogP contribution in [0, 0.1) is 10.1 Å². The molecule has 0 amide bonds. The van der Waals surface area contributed by atoms with Crippen LogP contribution in [0.1, 0.15) is 15.9 Å². The molecule has 0 aliphatic rings. The molecule has 1 N–H and O–H groups in total. The Labute approximate surface area is 101 Å². The topological polar surface area (TPSA) is 129 Å². The number of carbonyl (C=O) groups is 1. The summed E-state index contributed by atoms with van der Waals surface area (Å²) in [5.74, 6) is -1.37. The average molecular weight is 248 g/mol. The van der Waals surface area contributed by atoms with E-state index in [1.165, 1.54) is 24.3 Å². The van der Waals surface area contributed by atoms with Crippen molar-refractivity contribution in [2.45, 2.75) is 0 Å². The second kappa shape index (κ2) is 6.02. The minimum Gasteiger partial charge on any atom is -0.477 e. The van der Waals surface area contributed by atoms with Gasteiger partial charge < -0.3 is 5.11 Å². The van der Waals surface area contributed by atoms with Gasteiger partial charge in [0.05, 0.1) is 4.92 Å². The van der Waals surface area contributed by atoms with Crippen molar-refractivity contribution in [3.63, 3.8) is 0 Å². The molecule has 0 fully saturated rings. The highest BCUT2D eigenvalue weighted by atomic mass is 16.6. The molecule has 0 spiro atoms. The average Bonchev–Trinajstić information content (AvgIpc) is 2.34. The van der Waals surface area contributed by atoms with Crippen LogP contribution in [0.5, 0.6) is 0 Å². The van der Waals surface area contributed by atoms with E-state index < -0.39 is 16.6 Å². The number of benzene rings is 1. The Bertz CT molecular complexity index is 561. The maximum absolute atomic E-state index is 10.9. The molecule has 0 aliphatic carbocycles. The van der Waals surface area contributed by atoms with Crippen LogP contribution in [-0.2, 0) is 0 Å². The summed E-state index contributed by atoms with van der Waals surface area (Å²) in [6, 6.07) is 3.72. The largest absolute Gasteiger partial charge is 0.477 e. The molecule has 0 saturated carbocycles. The maximum atomic E-state index is 10.9. The molecule has 1 rings (SSSR count). The third-order valence-electron chi connectivity index (χ3n) is 2.01. The number of aromatic carboxylic acids is 1. The molecule has 18 heavy (non-hydrogen) atoms. The molecule has 8 nitrogen and oxygen atoms in total. The molecular formula is C10H8N4O4. The summed E-state index contributed by atoms with van der Waals surface area (Å²) in [6.07, 6.45) is 3.04. The van der Waals surface area contributed by atoms with Crippen molar-refractivity contribution in [2.24, 2.45) is 5.11 Å². The van der Waals surface area contributed by atoms with Gasteiger partial charge in [0.25, 0.3) is 5.69 Å². The maximum Gasteiger partial charge on any atom is 0.342 e. The van der Waals surface area contributed by atoms with Crippen LogP contribution in [0.4, 0.5) is 5.69 Å². The summed E-state index contributed by atoms with van der Waals surface area (Å²) in [5.41, 5.74) is 7.68. The van der Waals surface area contributed by atoms with E-state index in [-0.39, 0.29) is 12.1 Å². The van der Waals surface area contributed by atoms with Gasteiger partial charge in [0, 0.05) is 17.5 Å². The smallest absolute Gasteiger partial charge is 0.342 e. The first-order chi connectivity index (χ1) is 8.56. The fourth-order valence-corrected chi connectivity index (χ4v) is 1.26. The zero-order chi connectivity index (χ0) is 13.5. The number of hydrogen-bond acceptors (Lipinski definition) is 4. The monoisotopic (exact) mass is 248 g/mol. The highest BCUT2D eigenvalue weighted by Gasteiger charge is 2.19. The molecule has 0 atom stereocenters. The molecule has 1 aromatic carbocycles. The SMILES string of the molecule is [N-]=[N+]=NCC=Cc1ccc([N+](=O)[O-])c(C(=O)O)c1. The number of rotatable bonds is 5. The minimum absolute atomic E-state index is 0.121. The molecular weight excluding hydrogens is 240 g/mol. The van der Waals surface area contributed by atoms with Crippen molar-refractivity contribution in [1.82, 2.24) is 0 Å². The van der Waals surface area contributed by atoms with E-state index in [4.69, 9.17) is 10.6 Å². The van der Waals surface area contributed by atoms with Gasteiger partial charge in [-0.1, -0.05) is 17.3 Å². The zero-order valence-electron chi connectivity index (χ0n) is 9.05. The first kappa shape index (κ1) is 13.2. The van der Waals surface area contributed by atoms with Crippen LogP contribution in [0.15, 0.2) is 29.4 Å². The van der Waals surface area contributed by atoms with Crippen molar-refractivity contribution in [2.75, 3.05) is 6.54 Å². The Balaban J connectivity index is 3.07. The van der Waals surface area contributed by atoms with Crippen molar-refractivity contribution < 1.29 is 14.8 Å². The highest BCUT2D eigenvalue weighted by molar-refractivity contribution is 5.93. The molecule has 1 aromatic rings. The molecule has 0 radical (unpaired) electrons. The quantitative estimate of drug-likeness (QED) is 0.282. The third-order valence-corrected chi connectivity index (χ3v) is 2.01. The molecule has 0 aliphatic heterocycles. The van der Waals surface area contributed by atoms with Gasteiger partial charge >= 0.3 is 5.97 Å². The fraction of sp³-hybridized carbons (Fsp3) is 0.100. The van der Waals surface area contributed by atoms with Gasteiger partial charge in [-0.2, -0.15) is 0 Å². The summed E-state index contributed by atoms with van der Waals surface area (Å²) >= 11 is 0. The Kier molecular flexibility index (Phi) is 4.42.